The normalized spacial score (nSPS) is 12.2. The summed E-state index contributed by atoms with van der Waals surface area (Å²) in [5, 5.41) is 4.79. The number of aromatic nitrogens is 2. The first-order valence-electron chi connectivity index (χ1n) is 10.7. The van der Waals surface area contributed by atoms with Gasteiger partial charge in [0.15, 0.2) is 0 Å². The summed E-state index contributed by atoms with van der Waals surface area (Å²) in [6.07, 6.45) is 2.75. The van der Waals surface area contributed by atoms with Gasteiger partial charge < -0.3 is 9.64 Å². The first kappa shape index (κ1) is 21.0. The zero-order chi connectivity index (χ0) is 21.5. The summed E-state index contributed by atoms with van der Waals surface area (Å²) < 4.78 is 8.51. The number of benzene rings is 3. The molecule has 3 aromatic carbocycles. The Morgan fingerprint density at radius 3 is 2.10 bits per heavy atom. The average Bonchev–Trinajstić information content (AvgIpc) is 3.25. The molecule has 0 aliphatic rings. The molecule has 0 fully saturated rings. The molecule has 0 spiro atoms. The molecule has 4 nitrogen and oxygen atoms in total. The van der Waals surface area contributed by atoms with Crippen LogP contribution in [0, 0.1) is 0 Å². The molecule has 1 atom stereocenters. The number of para-hydroxylation sites is 1. The lowest BCUT2D eigenvalue weighted by atomic mass is 9.98. The maximum Gasteiger partial charge on any atom is 0.111 e. The molecule has 0 saturated carbocycles. The van der Waals surface area contributed by atoms with Crippen LogP contribution in [0.3, 0.4) is 0 Å². The maximum atomic E-state index is 6.50. The van der Waals surface area contributed by atoms with Crippen molar-refractivity contribution in [3.63, 3.8) is 0 Å². The van der Waals surface area contributed by atoms with E-state index in [2.05, 4.69) is 79.7 Å². The van der Waals surface area contributed by atoms with Gasteiger partial charge in [0, 0.05) is 17.7 Å². The second kappa shape index (κ2) is 10.2. The smallest absolute Gasteiger partial charge is 0.111 e. The average molecular weight is 412 g/mol. The van der Waals surface area contributed by atoms with Gasteiger partial charge in [0.05, 0.1) is 17.6 Å². The molecule has 1 unspecified atom stereocenters. The first-order valence-corrected chi connectivity index (χ1v) is 10.7. The molecule has 0 saturated heterocycles. The number of nitrogens with zero attached hydrogens (tertiary/aromatic N) is 3. The Bertz CT molecular complexity index is 1060. The summed E-state index contributed by atoms with van der Waals surface area (Å²) in [7, 11) is 4.18. The molecular formula is C27H29N3O. The van der Waals surface area contributed by atoms with Crippen molar-refractivity contribution in [2.24, 2.45) is 0 Å². The highest BCUT2D eigenvalue weighted by Crippen LogP contribution is 2.35. The molecule has 31 heavy (non-hydrogen) atoms. The Balaban J connectivity index is 1.78. The number of hydrogen-bond acceptors (Lipinski definition) is 3. The highest BCUT2D eigenvalue weighted by molar-refractivity contribution is 5.67. The van der Waals surface area contributed by atoms with E-state index < -0.39 is 0 Å². The lowest BCUT2D eigenvalue weighted by Crippen LogP contribution is -2.16. The quantitative estimate of drug-likeness (QED) is 0.336. The van der Waals surface area contributed by atoms with Crippen LogP contribution in [0.2, 0.25) is 0 Å². The third kappa shape index (κ3) is 5.10. The van der Waals surface area contributed by atoms with Gasteiger partial charge in [0.2, 0.25) is 0 Å². The molecule has 0 bridgehead atoms. The third-order valence-corrected chi connectivity index (χ3v) is 5.26. The Morgan fingerprint density at radius 1 is 0.839 bits per heavy atom. The van der Waals surface area contributed by atoms with Crippen LogP contribution in [0.5, 0.6) is 0 Å². The highest BCUT2D eigenvalue weighted by atomic mass is 16.5. The molecule has 4 aromatic rings. The summed E-state index contributed by atoms with van der Waals surface area (Å²) in [4.78, 5) is 2.18. The van der Waals surface area contributed by atoms with Gasteiger partial charge in [-0.1, -0.05) is 78.9 Å². The van der Waals surface area contributed by atoms with E-state index in [1.54, 1.807) is 0 Å². The van der Waals surface area contributed by atoms with Crippen molar-refractivity contribution in [1.29, 1.82) is 0 Å². The monoisotopic (exact) mass is 411 g/mol. The van der Waals surface area contributed by atoms with E-state index in [0.29, 0.717) is 6.61 Å². The van der Waals surface area contributed by atoms with E-state index in [0.717, 1.165) is 41.0 Å². The summed E-state index contributed by atoms with van der Waals surface area (Å²) in [6.45, 7) is 1.68. The predicted octanol–water partition coefficient (Wildman–Crippen LogP) is 5.60. The van der Waals surface area contributed by atoms with Gasteiger partial charge in [-0.2, -0.15) is 5.10 Å². The molecule has 0 amide bonds. The fourth-order valence-corrected chi connectivity index (χ4v) is 3.78. The number of hydrogen-bond donors (Lipinski definition) is 0. The fourth-order valence-electron chi connectivity index (χ4n) is 3.78. The van der Waals surface area contributed by atoms with Gasteiger partial charge in [0.25, 0.3) is 0 Å². The van der Waals surface area contributed by atoms with Crippen LogP contribution < -0.4 is 0 Å². The number of rotatable bonds is 9. The SMILES string of the molecule is CN(C)CCCOC(c1ccccc1)c1cnn(-c2ccccc2)c1-c1ccccc1. The minimum absolute atomic E-state index is 0.184. The molecule has 0 aliphatic heterocycles. The molecule has 158 valence electrons. The van der Waals surface area contributed by atoms with Crippen molar-refractivity contribution >= 4 is 0 Å². The van der Waals surface area contributed by atoms with Crippen LogP contribution >= 0.6 is 0 Å². The molecule has 0 aliphatic carbocycles. The van der Waals surface area contributed by atoms with Gasteiger partial charge >= 0.3 is 0 Å². The van der Waals surface area contributed by atoms with Crippen molar-refractivity contribution in [3.8, 4) is 16.9 Å². The van der Waals surface area contributed by atoms with Crippen molar-refractivity contribution in [1.82, 2.24) is 14.7 Å². The fraction of sp³-hybridized carbons (Fsp3) is 0.222. The molecule has 0 radical (unpaired) electrons. The lowest BCUT2D eigenvalue weighted by Gasteiger charge is -2.20. The Morgan fingerprint density at radius 2 is 1.45 bits per heavy atom. The van der Waals surface area contributed by atoms with Crippen LogP contribution in [0.15, 0.2) is 97.2 Å². The highest BCUT2D eigenvalue weighted by Gasteiger charge is 2.24. The number of ether oxygens (including phenoxy) is 1. The third-order valence-electron chi connectivity index (χ3n) is 5.26. The van der Waals surface area contributed by atoms with Crippen molar-refractivity contribution in [2.45, 2.75) is 12.5 Å². The van der Waals surface area contributed by atoms with Gasteiger partial charge in [0.1, 0.15) is 6.10 Å². The van der Waals surface area contributed by atoms with Gasteiger partial charge in [-0.25, -0.2) is 4.68 Å². The van der Waals surface area contributed by atoms with Crippen molar-refractivity contribution < 1.29 is 4.74 Å². The largest absolute Gasteiger partial charge is 0.369 e. The minimum Gasteiger partial charge on any atom is -0.369 e. The van der Waals surface area contributed by atoms with Crippen LogP contribution in [0.4, 0.5) is 0 Å². The van der Waals surface area contributed by atoms with E-state index in [-0.39, 0.29) is 6.10 Å². The van der Waals surface area contributed by atoms with Crippen LogP contribution in [0.1, 0.15) is 23.7 Å². The first-order chi connectivity index (χ1) is 15.2. The summed E-state index contributed by atoms with van der Waals surface area (Å²) in [5.74, 6) is 0. The zero-order valence-electron chi connectivity index (χ0n) is 18.2. The van der Waals surface area contributed by atoms with Gasteiger partial charge in [-0.3, -0.25) is 0 Å². The summed E-state index contributed by atoms with van der Waals surface area (Å²) in [5.41, 5.74) is 5.43. The van der Waals surface area contributed by atoms with Crippen LogP contribution in [0.25, 0.3) is 16.9 Å². The van der Waals surface area contributed by atoms with Crippen molar-refractivity contribution in [2.75, 3.05) is 27.2 Å². The Hall–Kier alpha value is -3.21. The van der Waals surface area contributed by atoms with E-state index >= 15 is 0 Å². The minimum atomic E-state index is -0.184. The van der Waals surface area contributed by atoms with E-state index in [9.17, 15) is 0 Å². The van der Waals surface area contributed by atoms with Crippen LogP contribution in [-0.4, -0.2) is 41.9 Å². The maximum absolute atomic E-state index is 6.50. The molecule has 4 rings (SSSR count). The molecule has 1 heterocycles. The second-order valence-corrected chi connectivity index (χ2v) is 7.88. The van der Waals surface area contributed by atoms with Crippen molar-refractivity contribution in [3.05, 3.63) is 108 Å². The van der Waals surface area contributed by atoms with E-state index in [4.69, 9.17) is 9.84 Å². The van der Waals surface area contributed by atoms with E-state index in [1.165, 1.54) is 0 Å². The molecular weight excluding hydrogens is 382 g/mol. The molecule has 0 N–H and O–H groups in total. The second-order valence-electron chi connectivity index (χ2n) is 7.88. The zero-order valence-corrected chi connectivity index (χ0v) is 18.2. The molecule has 4 heteroatoms. The van der Waals surface area contributed by atoms with Gasteiger partial charge in [-0.15, -0.1) is 0 Å². The summed E-state index contributed by atoms with van der Waals surface area (Å²) in [6, 6.07) is 31.1. The van der Waals surface area contributed by atoms with E-state index in [1.807, 2.05) is 41.2 Å². The Kier molecular flexibility index (Phi) is 6.92. The Labute approximate surface area is 184 Å². The van der Waals surface area contributed by atoms with Crippen LogP contribution in [-0.2, 0) is 4.74 Å². The standard InChI is InChI=1S/C27H29N3O/c1-29(2)19-12-20-31-27(23-15-8-4-9-16-23)25-21-28-30(24-17-10-5-11-18-24)26(25)22-13-6-3-7-14-22/h3-11,13-18,21,27H,12,19-20H2,1-2H3. The predicted molar refractivity (Wildman–Crippen MR) is 126 cm³/mol. The lowest BCUT2D eigenvalue weighted by molar-refractivity contribution is 0.0747. The molecule has 1 aromatic heterocycles. The van der Waals surface area contributed by atoms with Gasteiger partial charge in [-0.05, 0) is 44.8 Å². The summed E-state index contributed by atoms with van der Waals surface area (Å²) >= 11 is 0. The topological polar surface area (TPSA) is 30.3 Å².